The molecule has 0 aliphatic carbocycles. The van der Waals surface area contributed by atoms with Crippen LogP contribution in [0.2, 0.25) is 0 Å². The van der Waals surface area contributed by atoms with Crippen LogP contribution in [-0.2, 0) is 12.0 Å². The number of benzene rings is 1. The predicted molar refractivity (Wildman–Crippen MR) is 119 cm³/mol. The van der Waals surface area contributed by atoms with Gasteiger partial charge in [0.15, 0.2) is 5.96 Å². The van der Waals surface area contributed by atoms with Crippen LogP contribution in [0.5, 0.6) is 0 Å². The van der Waals surface area contributed by atoms with Gasteiger partial charge in [0.05, 0.1) is 6.54 Å². The second-order valence-corrected chi connectivity index (χ2v) is 7.98. The maximum Gasteiger partial charge on any atom is 0.191 e. The van der Waals surface area contributed by atoms with Gasteiger partial charge in [0.2, 0.25) is 0 Å². The van der Waals surface area contributed by atoms with Crippen LogP contribution in [0.25, 0.3) is 0 Å². The molecule has 0 fully saturated rings. The first-order valence-corrected chi connectivity index (χ1v) is 9.23. The minimum Gasteiger partial charge on any atom is -0.357 e. The van der Waals surface area contributed by atoms with Gasteiger partial charge in [-0.2, -0.15) is 0 Å². The van der Waals surface area contributed by atoms with Crippen molar-refractivity contribution in [3.63, 3.8) is 0 Å². The zero-order valence-electron chi connectivity index (χ0n) is 15.7. The second-order valence-electron chi connectivity index (χ2n) is 6.66. The summed E-state index contributed by atoms with van der Waals surface area (Å²) in [4.78, 5) is 10.2. The van der Waals surface area contributed by atoms with Crippen LogP contribution in [0.15, 0.2) is 35.5 Å². The number of rotatable bonds is 6. The van der Waals surface area contributed by atoms with E-state index < -0.39 is 0 Å². The highest BCUT2D eigenvalue weighted by atomic mass is 127. The zero-order valence-corrected chi connectivity index (χ0v) is 18.9. The Morgan fingerprint density at radius 1 is 1.16 bits per heavy atom. The molecule has 6 heteroatoms. The molecule has 4 nitrogen and oxygen atoms in total. The van der Waals surface area contributed by atoms with Gasteiger partial charge in [-0.05, 0) is 26.3 Å². The molecule has 0 spiro atoms. The van der Waals surface area contributed by atoms with Crippen molar-refractivity contribution < 1.29 is 0 Å². The summed E-state index contributed by atoms with van der Waals surface area (Å²) in [5.41, 5.74) is 2.64. The lowest BCUT2D eigenvalue weighted by Crippen LogP contribution is -2.43. The number of thiazole rings is 1. The number of aliphatic imine (C=N–C) groups is 1. The predicted octanol–water partition coefficient (Wildman–Crippen LogP) is 4.41. The Labute approximate surface area is 172 Å². The minimum absolute atomic E-state index is 0. The van der Waals surface area contributed by atoms with E-state index in [0.29, 0.717) is 6.54 Å². The third-order valence-corrected chi connectivity index (χ3v) is 4.81. The van der Waals surface area contributed by atoms with E-state index in [4.69, 9.17) is 0 Å². The van der Waals surface area contributed by atoms with Crippen molar-refractivity contribution in [2.45, 2.75) is 46.6 Å². The van der Waals surface area contributed by atoms with Crippen molar-refractivity contribution in [1.29, 1.82) is 0 Å². The maximum atomic E-state index is 4.65. The van der Waals surface area contributed by atoms with Gasteiger partial charge in [0.25, 0.3) is 0 Å². The zero-order chi connectivity index (χ0) is 17.6. The molecular weight excluding hydrogens is 443 g/mol. The van der Waals surface area contributed by atoms with Gasteiger partial charge >= 0.3 is 0 Å². The number of guanidine groups is 1. The van der Waals surface area contributed by atoms with E-state index in [2.05, 4.69) is 79.5 Å². The number of halogens is 1. The molecule has 1 heterocycles. The SMILES string of the molecule is CCNC(=NCc1ncc(C)s1)NCC(C)(C)c1ccc(C)cc1.I. The van der Waals surface area contributed by atoms with Gasteiger partial charge in [0.1, 0.15) is 5.01 Å². The van der Waals surface area contributed by atoms with Crippen LogP contribution in [0.3, 0.4) is 0 Å². The number of aromatic nitrogens is 1. The Balaban J connectivity index is 0.00000312. The van der Waals surface area contributed by atoms with Crippen LogP contribution >= 0.6 is 35.3 Å². The van der Waals surface area contributed by atoms with Gasteiger partial charge in [-0.3, -0.25) is 0 Å². The normalized spacial score (nSPS) is 11.8. The molecule has 0 bridgehead atoms. The van der Waals surface area contributed by atoms with Gasteiger partial charge in [-0.1, -0.05) is 43.7 Å². The monoisotopic (exact) mass is 472 g/mol. The van der Waals surface area contributed by atoms with E-state index in [-0.39, 0.29) is 29.4 Å². The van der Waals surface area contributed by atoms with Crippen LogP contribution in [0.1, 0.15) is 41.8 Å². The first-order valence-electron chi connectivity index (χ1n) is 8.41. The Hall–Kier alpha value is -1.15. The molecule has 0 amide bonds. The standard InChI is InChI=1S/C19H28N4S.HI/c1-6-20-18(22-12-17-21-11-15(3)24-17)23-13-19(4,5)16-9-7-14(2)8-10-16;/h7-11H,6,12-13H2,1-5H3,(H2,20,22,23);1H. The lowest BCUT2D eigenvalue weighted by molar-refractivity contribution is 0.508. The fourth-order valence-electron chi connectivity index (χ4n) is 2.37. The summed E-state index contributed by atoms with van der Waals surface area (Å²) >= 11 is 1.70. The van der Waals surface area contributed by atoms with Crippen molar-refractivity contribution in [2.75, 3.05) is 13.1 Å². The average molecular weight is 472 g/mol. The number of nitrogens with zero attached hydrogens (tertiary/aromatic N) is 2. The highest BCUT2D eigenvalue weighted by Crippen LogP contribution is 2.22. The minimum atomic E-state index is 0. The van der Waals surface area contributed by atoms with E-state index in [0.717, 1.165) is 24.1 Å². The van der Waals surface area contributed by atoms with Crippen LogP contribution in [-0.4, -0.2) is 24.0 Å². The molecule has 0 saturated carbocycles. The molecule has 0 aliphatic heterocycles. The summed E-state index contributed by atoms with van der Waals surface area (Å²) in [5, 5.41) is 7.82. The number of nitrogens with one attached hydrogen (secondary N) is 2. The van der Waals surface area contributed by atoms with Crippen LogP contribution in [0, 0.1) is 13.8 Å². The molecule has 0 unspecified atom stereocenters. The topological polar surface area (TPSA) is 49.3 Å². The number of aryl methyl sites for hydroxylation is 2. The molecule has 138 valence electrons. The lowest BCUT2D eigenvalue weighted by atomic mass is 9.84. The highest BCUT2D eigenvalue weighted by Gasteiger charge is 2.20. The van der Waals surface area contributed by atoms with Gasteiger partial charge in [0, 0.05) is 29.6 Å². The molecule has 0 radical (unpaired) electrons. The summed E-state index contributed by atoms with van der Waals surface area (Å²) in [6.07, 6.45) is 1.90. The first-order chi connectivity index (χ1) is 11.4. The van der Waals surface area contributed by atoms with E-state index in [1.807, 2.05) is 6.20 Å². The Kier molecular flexibility index (Phi) is 8.85. The summed E-state index contributed by atoms with van der Waals surface area (Å²) in [7, 11) is 0. The van der Waals surface area contributed by atoms with E-state index in [1.165, 1.54) is 16.0 Å². The summed E-state index contributed by atoms with van der Waals surface area (Å²) in [6.45, 7) is 13.0. The fourth-order valence-corrected chi connectivity index (χ4v) is 3.09. The summed E-state index contributed by atoms with van der Waals surface area (Å²) < 4.78 is 0. The maximum absolute atomic E-state index is 4.65. The molecule has 1 aromatic heterocycles. The second kappa shape index (κ2) is 10.1. The Morgan fingerprint density at radius 3 is 2.40 bits per heavy atom. The number of hydrogen-bond acceptors (Lipinski definition) is 3. The molecular formula is C19H29IN4S. The molecule has 0 aliphatic rings. The highest BCUT2D eigenvalue weighted by molar-refractivity contribution is 14.0. The fraction of sp³-hybridized carbons (Fsp3) is 0.474. The van der Waals surface area contributed by atoms with Crippen molar-refractivity contribution in [3.05, 3.63) is 51.5 Å². The van der Waals surface area contributed by atoms with Gasteiger partial charge < -0.3 is 10.6 Å². The van der Waals surface area contributed by atoms with Crippen molar-refractivity contribution in [1.82, 2.24) is 15.6 Å². The third kappa shape index (κ3) is 6.93. The van der Waals surface area contributed by atoms with E-state index in [9.17, 15) is 0 Å². The molecule has 2 rings (SSSR count). The average Bonchev–Trinajstić information content (AvgIpc) is 2.96. The smallest absolute Gasteiger partial charge is 0.191 e. The lowest BCUT2D eigenvalue weighted by Gasteiger charge is -2.27. The molecule has 2 aromatic rings. The van der Waals surface area contributed by atoms with Crippen LogP contribution in [0.4, 0.5) is 0 Å². The molecule has 1 aromatic carbocycles. The largest absolute Gasteiger partial charge is 0.357 e. The Bertz CT molecular complexity index is 677. The Morgan fingerprint density at radius 2 is 1.84 bits per heavy atom. The summed E-state index contributed by atoms with van der Waals surface area (Å²) in [6, 6.07) is 8.75. The quantitative estimate of drug-likeness (QED) is 0.372. The molecule has 2 N–H and O–H groups in total. The molecule has 0 saturated heterocycles. The van der Waals surface area contributed by atoms with Crippen molar-refractivity contribution >= 4 is 41.3 Å². The van der Waals surface area contributed by atoms with Crippen LogP contribution < -0.4 is 10.6 Å². The van der Waals surface area contributed by atoms with E-state index >= 15 is 0 Å². The van der Waals surface area contributed by atoms with Gasteiger partial charge in [-0.25, -0.2) is 9.98 Å². The summed E-state index contributed by atoms with van der Waals surface area (Å²) in [5.74, 6) is 0.838. The molecule has 25 heavy (non-hydrogen) atoms. The van der Waals surface area contributed by atoms with Gasteiger partial charge in [-0.15, -0.1) is 35.3 Å². The first kappa shape index (κ1) is 21.9. The number of hydrogen-bond donors (Lipinski definition) is 2. The third-order valence-electron chi connectivity index (χ3n) is 3.92. The van der Waals surface area contributed by atoms with Crippen molar-refractivity contribution in [3.8, 4) is 0 Å². The van der Waals surface area contributed by atoms with E-state index in [1.54, 1.807) is 11.3 Å². The molecule has 0 atom stereocenters. The van der Waals surface area contributed by atoms with Crippen molar-refractivity contribution in [2.24, 2.45) is 4.99 Å².